The second kappa shape index (κ2) is 6.65. The van der Waals surface area contributed by atoms with Gasteiger partial charge in [-0.05, 0) is 42.5 Å². The highest BCUT2D eigenvalue weighted by Crippen LogP contribution is 2.24. The summed E-state index contributed by atoms with van der Waals surface area (Å²) in [5.74, 6) is 1.13. The van der Waals surface area contributed by atoms with Crippen molar-refractivity contribution in [3.63, 3.8) is 0 Å². The van der Waals surface area contributed by atoms with Gasteiger partial charge in [-0.25, -0.2) is 0 Å². The number of hydrogen-bond acceptors (Lipinski definition) is 4. The SMILES string of the molecule is COc1ccc(OC)c(CNc2ccc(C(N)=O)cc2)c1. The molecule has 5 nitrogen and oxygen atoms in total. The van der Waals surface area contributed by atoms with Crippen molar-refractivity contribution in [3.05, 3.63) is 53.6 Å². The van der Waals surface area contributed by atoms with Gasteiger partial charge in [0.2, 0.25) is 5.91 Å². The first-order chi connectivity index (χ1) is 10.1. The van der Waals surface area contributed by atoms with Crippen molar-refractivity contribution in [1.82, 2.24) is 0 Å². The Balaban J connectivity index is 2.10. The van der Waals surface area contributed by atoms with Crippen LogP contribution in [-0.4, -0.2) is 20.1 Å². The lowest BCUT2D eigenvalue weighted by atomic mass is 10.1. The van der Waals surface area contributed by atoms with E-state index < -0.39 is 5.91 Å². The van der Waals surface area contributed by atoms with Gasteiger partial charge in [0, 0.05) is 23.4 Å². The molecule has 110 valence electrons. The highest BCUT2D eigenvalue weighted by molar-refractivity contribution is 5.93. The van der Waals surface area contributed by atoms with Crippen LogP contribution in [0.2, 0.25) is 0 Å². The fourth-order valence-corrected chi connectivity index (χ4v) is 1.97. The zero-order chi connectivity index (χ0) is 15.2. The molecule has 0 bridgehead atoms. The van der Waals surface area contributed by atoms with Gasteiger partial charge in [0.25, 0.3) is 0 Å². The molecule has 0 heterocycles. The second-order valence-electron chi connectivity index (χ2n) is 4.47. The molecule has 0 aliphatic heterocycles. The number of benzene rings is 2. The smallest absolute Gasteiger partial charge is 0.248 e. The number of methoxy groups -OCH3 is 2. The number of nitrogens with two attached hydrogens (primary N) is 1. The summed E-state index contributed by atoms with van der Waals surface area (Å²) >= 11 is 0. The van der Waals surface area contributed by atoms with Crippen molar-refractivity contribution in [2.24, 2.45) is 5.73 Å². The Morgan fingerprint density at radius 1 is 1.10 bits per heavy atom. The number of anilines is 1. The van der Waals surface area contributed by atoms with Gasteiger partial charge in [0.1, 0.15) is 11.5 Å². The molecule has 0 aliphatic rings. The Morgan fingerprint density at radius 3 is 2.38 bits per heavy atom. The number of amides is 1. The third-order valence-electron chi connectivity index (χ3n) is 3.14. The van der Waals surface area contributed by atoms with Gasteiger partial charge in [-0.1, -0.05) is 0 Å². The highest BCUT2D eigenvalue weighted by Gasteiger charge is 2.05. The van der Waals surface area contributed by atoms with Crippen LogP contribution in [0.25, 0.3) is 0 Å². The number of ether oxygens (including phenoxy) is 2. The average Bonchev–Trinajstić information content (AvgIpc) is 2.52. The first-order valence-electron chi connectivity index (χ1n) is 6.48. The van der Waals surface area contributed by atoms with Crippen LogP contribution in [0, 0.1) is 0 Å². The van der Waals surface area contributed by atoms with E-state index in [0.29, 0.717) is 12.1 Å². The standard InChI is InChI=1S/C16H18N2O3/c1-20-14-7-8-15(21-2)12(9-14)10-18-13-5-3-11(4-6-13)16(17)19/h3-9,18H,10H2,1-2H3,(H2,17,19). The van der Waals surface area contributed by atoms with E-state index in [0.717, 1.165) is 22.7 Å². The normalized spacial score (nSPS) is 10.0. The molecule has 0 unspecified atom stereocenters. The van der Waals surface area contributed by atoms with Gasteiger partial charge in [-0.2, -0.15) is 0 Å². The summed E-state index contributed by atoms with van der Waals surface area (Å²) in [6, 6.07) is 12.6. The van der Waals surface area contributed by atoms with Crippen LogP contribution in [0.3, 0.4) is 0 Å². The molecule has 0 saturated heterocycles. The van der Waals surface area contributed by atoms with E-state index in [9.17, 15) is 4.79 Å². The molecular formula is C16H18N2O3. The minimum Gasteiger partial charge on any atom is -0.497 e. The van der Waals surface area contributed by atoms with E-state index in [-0.39, 0.29) is 0 Å². The molecule has 2 rings (SSSR count). The molecule has 3 N–H and O–H groups in total. The lowest BCUT2D eigenvalue weighted by Crippen LogP contribution is -2.10. The van der Waals surface area contributed by atoms with Crippen LogP contribution in [-0.2, 0) is 6.54 Å². The van der Waals surface area contributed by atoms with Crippen LogP contribution in [0.5, 0.6) is 11.5 Å². The Morgan fingerprint density at radius 2 is 1.81 bits per heavy atom. The average molecular weight is 286 g/mol. The molecule has 1 amide bonds. The molecule has 0 radical (unpaired) electrons. The molecule has 0 aliphatic carbocycles. The zero-order valence-electron chi connectivity index (χ0n) is 12.1. The summed E-state index contributed by atoms with van der Waals surface area (Å²) in [6.07, 6.45) is 0. The first-order valence-corrected chi connectivity index (χ1v) is 6.48. The number of hydrogen-bond donors (Lipinski definition) is 2. The topological polar surface area (TPSA) is 73.6 Å². The van der Waals surface area contributed by atoms with E-state index in [1.54, 1.807) is 26.4 Å². The van der Waals surface area contributed by atoms with Crippen molar-refractivity contribution in [2.75, 3.05) is 19.5 Å². The Bertz CT molecular complexity index is 624. The molecule has 2 aromatic carbocycles. The largest absolute Gasteiger partial charge is 0.497 e. The Labute approximate surface area is 123 Å². The third kappa shape index (κ3) is 3.66. The van der Waals surface area contributed by atoms with Crippen LogP contribution in [0.15, 0.2) is 42.5 Å². The van der Waals surface area contributed by atoms with Crippen molar-refractivity contribution in [1.29, 1.82) is 0 Å². The maximum absolute atomic E-state index is 11.0. The van der Waals surface area contributed by atoms with Crippen molar-refractivity contribution in [2.45, 2.75) is 6.54 Å². The summed E-state index contributed by atoms with van der Waals surface area (Å²) in [5.41, 5.74) is 7.57. The van der Waals surface area contributed by atoms with Crippen molar-refractivity contribution >= 4 is 11.6 Å². The Kier molecular flexibility index (Phi) is 4.66. The lowest BCUT2D eigenvalue weighted by molar-refractivity contribution is 0.100. The number of nitrogens with one attached hydrogen (secondary N) is 1. The van der Waals surface area contributed by atoms with E-state index in [1.807, 2.05) is 30.3 Å². The fourth-order valence-electron chi connectivity index (χ4n) is 1.97. The Hall–Kier alpha value is -2.69. The molecular weight excluding hydrogens is 268 g/mol. The van der Waals surface area contributed by atoms with E-state index in [4.69, 9.17) is 15.2 Å². The predicted molar refractivity (Wildman–Crippen MR) is 81.8 cm³/mol. The maximum atomic E-state index is 11.0. The quantitative estimate of drug-likeness (QED) is 0.855. The molecule has 2 aromatic rings. The minimum atomic E-state index is -0.434. The summed E-state index contributed by atoms with van der Waals surface area (Å²) in [6.45, 7) is 0.580. The monoisotopic (exact) mass is 286 g/mol. The van der Waals surface area contributed by atoms with Gasteiger partial charge in [-0.3, -0.25) is 4.79 Å². The number of carbonyl (C=O) groups is 1. The van der Waals surface area contributed by atoms with Gasteiger partial charge in [0.15, 0.2) is 0 Å². The third-order valence-corrected chi connectivity index (χ3v) is 3.14. The molecule has 5 heteroatoms. The van der Waals surface area contributed by atoms with Gasteiger partial charge < -0.3 is 20.5 Å². The van der Waals surface area contributed by atoms with Crippen LogP contribution < -0.4 is 20.5 Å². The molecule has 0 fully saturated rings. The highest BCUT2D eigenvalue weighted by atomic mass is 16.5. The molecule has 0 saturated carbocycles. The summed E-state index contributed by atoms with van der Waals surface area (Å²) < 4.78 is 10.5. The molecule has 0 spiro atoms. The maximum Gasteiger partial charge on any atom is 0.248 e. The van der Waals surface area contributed by atoms with Crippen LogP contribution in [0.4, 0.5) is 5.69 Å². The van der Waals surface area contributed by atoms with E-state index >= 15 is 0 Å². The van der Waals surface area contributed by atoms with Crippen LogP contribution >= 0.6 is 0 Å². The van der Waals surface area contributed by atoms with Gasteiger partial charge in [0.05, 0.1) is 14.2 Å². The number of rotatable bonds is 6. The summed E-state index contributed by atoms with van der Waals surface area (Å²) in [5, 5.41) is 3.27. The van der Waals surface area contributed by atoms with Crippen molar-refractivity contribution in [3.8, 4) is 11.5 Å². The summed E-state index contributed by atoms with van der Waals surface area (Å²) in [4.78, 5) is 11.0. The first kappa shape index (κ1) is 14.7. The predicted octanol–water partition coefficient (Wildman–Crippen LogP) is 2.41. The zero-order valence-corrected chi connectivity index (χ0v) is 12.1. The van der Waals surface area contributed by atoms with Crippen molar-refractivity contribution < 1.29 is 14.3 Å². The lowest BCUT2D eigenvalue weighted by Gasteiger charge is -2.12. The van der Waals surface area contributed by atoms with Gasteiger partial charge in [-0.15, -0.1) is 0 Å². The molecule has 0 aromatic heterocycles. The second-order valence-corrected chi connectivity index (χ2v) is 4.47. The summed E-state index contributed by atoms with van der Waals surface area (Å²) in [7, 11) is 3.26. The molecule has 21 heavy (non-hydrogen) atoms. The van der Waals surface area contributed by atoms with Gasteiger partial charge >= 0.3 is 0 Å². The minimum absolute atomic E-state index is 0.434. The number of carbonyl (C=O) groups excluding carboxylic acids is 1. The van der Waals surface area contributed by atoms with E-state index in [1.165, 1.54) is 0 Å². The fraction of sp³-hybridized carbons (Fsp3) is 0.188. The van der Waals surface area contributed by atoms with E-state index in [2.05, 4.69) is 5.32 Å². The number of primary amides is 1. The molecule has 0 atom stereocenters. The van der Waals surface area contributed by atoms with Crippen LogP contribution in [0.1, 0.15) is 15.9 Å².